The lowest BCUT2D eigenvalue weighted by Gasteiger charge is -2.27. The lowest BCUT2D eigenvalue weighted by atomic mass is 10.1. The molecule has 2 rings (SSSR count). The van der Waals surface area contributed by atoms with Gasteiger partial charge in [-0.1, -0.05) is 31.5 Å². The van der Waals surface area contributed by atoms with Crippen LogP contribution in [0.2, 0.25) is 0 Å². The summed E-state index contributed by atoms with van der Waals surface area (Å²) in [6.07, 6.45) is 0.260. The van der Waals surface area contributed by atoms with E-state index in [1.165, 1.54) is 12.1 Å². The maximum Gasteiger partial charge on any atom is 0.324 e. The van der Waals surface area contributed by atoms with E-state index in [1.807, 2.05) is 20.8 Å². The Morgan fingerprint density at radius 2 is 1.79 bits per heavy atom. The van der Waals surface area contributed by atoms with Crippen molar-refractivity contribution in [3.05, 3.63) is 29.8 Å². The van der Waals surface area contributed by atoms with Crippen LogP contribution in [0.25, 0.3) is 0 Å². The van der Waals surface area contributed by atoms with Crippen molar-refractivity contribution in [1.29, 1.82) is 0 Å². The molecule has 9 heteroatoms. The Hall–Kier alpha value is -1.97. The summed E-state index contributed by atoms with van der Waals surface area (Å²) in [6, 6.07) is 5.27. The number of carbonyl (C=O) groups is 2. The summed E-state index contributed by atoms with van der Waals surface area (Å²) in [6.45, 7) is 6.99. The van der Waals surface area contributed by atoms with Gasteiger partial charge >= 0.3 is 5.97 Å². The third-order valence-corrected chi connectivity index (χ3v) is 5.81. The van der Waals surface area contributed by atoms with Crippen molar-refractivity contribution in [3.8, 4) is 0 Å². The number of carbonyl (C=O) groups excluding carboxylic acids is 2. The molecule has 1 aromatic carbocycles. The van der Waals surface area contributed by atoms with Crippen molar-refractivity contribution < 1.29 is 27.5 Å². The van der Waals surface area contributed by atoms with Crippen LogP contribution in [-0.2, 0) is 29.1 Å². The van der Waals surface area contributed by atoms with Gasteiger partial charge in [0.1, 0.15) is 6.04 Å². The number of aryl methyl sites for hydroxylation is 1. The van der Waals surface area contributed by atoms with E-state index in [1.54, 1.807) is 17.0 Å². The van der Waals surface area contributed by atoms with Crippen LogP contribution in [0.5, 0.6) is 0 Å². The molecule has 1 amide bonds. The van der Waals surface area contributed by atoms with Gasteiger partial charge in [-0.05, 0) is 31.4 Å². The highest BCUT2D eigenvalue weighted by molar-refractivity contribution is 7.89. The van der Waals surface area contributed by atoms with E-state index < -0.39 is 28.6 Å². The van der Waals surface area contributed by atoms with Crippen molar-refractivity contribution in [2.24, 2.45) is 5.92 Å². The molecule has 1 heterocycles. The molecule has 1 aromatic rings. The van der Waals surface area contributed by atoms with E-state index in [4.69, 9.17) is 9.47 Å². The smallest absolute Gasteiger partial charge is 0.324 e. The zero-order valence-electron chi connectivity index (χ0n) is 16.5. The van der Waals surface area contributed by atoms with Crippen molar-refractivity contribution in [3.63, 3.8) is 0 Å². The van der Waals surface area contributed by atoms with Gasteiger partial charge in [0.05, 0.1) is 18.1 Å². The van der Waals surface area contributed by atoms with Crippen LogP contribution in [0.3, 0.4) is 0 Å². The van der Waals surface area contributed by atoms with Crippen molar-refractivity contribution in [2.45, 2.75) is 38.1 Å². The van der Waals surface area contributed by atoms with Crippen LogP contribution in [-0.4, -0.2) is 64.1 Å². The number of rotatable bonds is 8. The molecule has 0 spiro atoms. The second kappa shape index (κ2) is 9.99. The van der Waals surface area contributed by atoms with Crippen LogP contribution < -0.4 is 4.72 Å². The Balaban J connectivity index is 2.02. The zero-order valence-corrected chi connectivity index (χ0v) is 17.3. The summed E-state index contributed by atoms with van der Waals surface area (Å²) >= 11 is 0. The molecule has 8 nitrogen and oxygen atoms in total. The topological polar surface area (TPSA) is 102 Å². The predicted octanol–water partition coefficient (Wildman–Crippen LogP) is 1.09. The third-order valence-electron chi connectivity index (χ3n) is 4.32. The molecule has 1 aliphatic heterocycles. The Labute approximate surface area is 166 Å². The lowest BCUT2D eigenvalue weighted by Crippen LogP contribution is -2.45. The molecule has 1 saturated heterocycles. The summed E-state index contributed by atoms with van der Waals surface area (Å²) in [5, 5.41) is 0. The Bertz CT molecular complexity index is 770. The summed E-state index contributed by atoms with van der Waals surface area (Å²) in [5.74, 6) is -1.03. The number of ether oxygens (including phenoxy) is 2. The second-order valence-electron chi connectivity index (χ2n) is 7.22. The fourth-order valence-corrected chi connectivity index (χ4v) is 3.97. The van der Waals surface area contributed by atoms with E-state index >= 15 is 0 Å². The average molecular weight is 413 g/mol. The Morgan fingerprint density at radius 1 is 1.18 bits per heavy atom. The number of hydrogen-bond acceptors (Lipinski definition) is 6. The number of nitrogens with one attached hydrogen (secondary N) is 1. The van der Waals surface area contributed by atoms with Crippen molar-refractivity contribution in [2.75, 3.05) is 32.9 Å². The van der Waals surface area contributed by atoms with E-state index in [-0.39, 0.29) is 23.1 Å². The molecule has 0 saturated carbocycles. The molecular formula is C19H28N2O6S. The molecule has 1 fully saturated rings. The highest BCUT2D eigenvalue weighted by Crippen LogP contribution is 2.14. The van der Waals surface area contributed by atoms with Gasteiger partial charge in [0.15, 0.2) is 6.61 Å². The molecule has 0 aromatic heterocycles. The third kappa shape index (κ3) is 6.57. The molecule has 156 valence electrons. The summed E-state index contributed by atoms with van der Waals surface area (Å²) < 4.78 is 38.0. The molecule has 1 atom stereocenters. The summed E-state index contributed by atoms with van der Waals surface area (Å²) in [7, 11) is -3.89. The minimum Gasteiger partial charge on any atom is -0.454 e. The fraction of sp³-hybridized carbons (Fsp3) is 0.579. The van der Waals surface area contributed by atoms with Gasteiger partial charge in [-0.15, -0.1) is 0 Å². The molecule has 0 radical (unpaired) electrons. The number of morpholine rings is 1. The van der Waals surface area contributed by atoms with Gasteiger partial charge in [0, 0.05) is 13.1 Å². The Morgan fingerprint density at radius 3 is 2.36 bits per heavy atom. The molecule has 0 aliphatic carbocycles. The number of nitrogens with zero attached hydrogens (tertiary/aromatic N) is 1. The average Bonchev–Trinajstić information content (AvgIpc) is 2.65. The van der Waals surface area contributed by atoms with Crippen molar-refractivity contribution >= 4 is 21.9 Å². The van der Waals surface area contributed by atoms with Gasteiger partial charge in [-0.2, -0.15) is 4.72 Å². The molecular weight excluding hydrogens is 384 g/mol. The number of hydrogen-bond donors (Lipinski definition) is 1. The van der Waals surface area contributed by atoms with Crippen LogP contribution >= 0.6 is 0 Å². The number of esters is 1. The zero-order chi connectivity index (χ0) is 20.7. The first-order chi connectivity index (χ1) is 13.2. The highest BCUT2D eigenvalue weighted by Gasteiger charge is 2.29. The quantitative estimate of drug-likeness (QED) is 0.642. The van der Waals surface area contributed by atoms with Crippen LogP contribution in [0, 0.1) is 12.8 Å². The molecule has 1 aliphatic rings. The van der Waals surface area contributed by atoms with Crippen LogP contribution in [0.4, 0.5) is 0 Å². The van der Waals surface area contributed by atoms with E-state index in [2.05, 4.69) is 4.72 Å². The van der Waals surface area contributed by atoms with Gasteiger partial charge in [-0.3, -0.25) is 9.59 Å². The lowest BCUT2D eigenvalue weighted by molar-refractivity contribution is -0.155. The van der Waals surface area contributed by atoms with Crippen molar-refractivity contribution in [1.82, 2.24) is 9.62 Å². The number of benzene rings is 1. The SMILES string of the molecule is Cc1ccc(S(=O)(=O)N[C@H](CC(C)C)C(=O)OCC(=O)N2CCOCC2)cc1. The molecule has 1 N–H and O–H groups in total. The maximum atomic E-state index is 12.6. The largest absolute Gasteiger partial charge is 0.454 e. The molecule has 0 bridgehead atoms. The fourth-order valence-electron chi connectivity index (χ4n) is 2.77. The minimum atomic E-state index is -3.89. The molecule has 28 heavy (non-hydrogen) atoms. The predicted molar refractivity (Wildman–Crippen MR) is 103 cm³/mol. The van der Waals surface area contributed by atoms with Gasteiger partial charge < -0.3 is 14.4 Å². The first-order valence-electron chi connectivity index (χ1n) is 9.30. The van der Waals surface area contributed by atoms with E-state index in [0.717, 1.165) is 5.56 Å². The van der Waals surface area contributed by atoms with Gasteiger partial charge in [-0.25, -0.2) is 8.42 Å². The summed E-state index contributed by atoms with van der Waals surface area (Å²) in [5.41, 5.74) is 0.929. The second-order valence-corrected chi connectivity index (χ2v) is 8.93. The standard InChI is InChI=1S/C19H28N2O6S/c1-14(2)12-17(20-28(24,25)16-6-4-15(3)5-7-16)19(23)27-13-18(22)21-8-10-26-11-9-21/h4-7,14,17,20H,8-13H2,1-3H3/t17-/m1/s1. The first-order valence-corrected chi connectivity index (χ1v) is 10.8. The van der Waals surface area contributed by atoms with Gasteiger partial charge in [0.25, 0.3) is 5.91 Å². The van der Waals surface area contributed by atoms with E-state index in [9.17, 15) is 18.0 Å². The van der Waals surface area contributed by atoms with Gasteiger partial charge in [0.2, 0.25) is 10.0 Å². The minimum absolute atomic E-state index is 0.0493. The monoisotopic (exact) mass is 412 g/mol. The molecule has 0 unspecified atom stereocenters. The Kier molecular flexibility index (Phi) is 7.97. The number of sulfonamides is 1. The van der Waals surface area contributed by atoms with Crippen LogP contribution in [0.15, 0.2) is 29.2 Å². The highest BCUT2D eigenvalue weighted by atomic mass is 32.2. The number of amides is 1. The normalized spacial score (nSPS) is 16.1. The first kappa shape index (κ1) is 22.3. The summed E-state index contributed by atoms with van der Waals surface area (Å²) in [4.78, 5) is 26.3. The van der Waals surface area contributed by atoms with Crippen LogP contribution in [0.1, 0.15) is 25.8 Å². The van der Waals surface area contributed by atoms with E-state index in [0.29, 0.717) is 26.3 Å². The maximum absolute atomic E-state index is 12.6.